The highest BCUT2D eigenvalue weighted by molar-refractivity contribution is 7.89. The summed E-state index contributed by atoms with van der Waals surface area (Å²) in [5.41, 5.74) is 0.641. The van der Waals surface area contributed by atoms with E-state index in [1.54, 1.807) is 23.9 Å². The lowest BCUT2D eigenvalue weighted by Crippen LogP contribution is -2.32. The average molecular weight is 314 g/mol. The quantitative estimate of drug-likeness (QED) is 0.875. The van der Waals surface area contributed by atoms with Crippen molar-refractivity contribution in [3.8, 4) is 0 Å². The second-order valence-electron chi connectivity index (χ2n) is 5.90. The molecule has 0 bridgehead atoms. The van der Waals surface area contributed by atoms with Gasteiger partial charge in [0.15, 0.2) is 0 Å². The Kier molecular flexibility index (Phi) is 5.46. The number of nitrogens with zero attached hydrogens (tertiary/aromatic N) is 2. The van der Waals surface area contributed by atoms with Gasteiger partial charge in [-0.25, -0.2) is 12.7 Å². The minimum atomic E-state index is -3.46. The molecule has 1 aliphatic rings. The maximum Gasteiger partial charge on any atom is 0.244 e. The molecule has 0 atom stereocenters. The SMILES string of the molecule is CCn1cc(S(=O)(=O)N(C)CC2CCCCC2)cc1CO. The van der Waals surface area contributed by atoms with Crippen LogP contribution in [-0.2, 0) is 23.2 Å². The second-order valence-corrected chi connectivity index (χ2v) is 7.95. The van der Waals surface area contributed by atoms with Crippen molar-refractivity contribution in [1.29, 1.82) is 0 Å². The zero-order chi connectivity index (χ0) is 15.5. The van der Waals surface area contributed by atoms with Gasteiger partial charge in [-0.3, -0.25) is 0 Å². The lowest BCUT2D eigenvalue weighted by atomic mass is 9.89. The number of sulfonamides is 1. The Labute approximate surface area is 127 Å². The first-order valence-corrected chi connectivity index (χ1v) is 9.19. The molecule has 21 heavy (non-hydrogen) atoms. The van der Waals surface area contributed by atoms with Gasteiger partial charge >= 0.3 is 0 Å². The number of aliphatic hydroxyl groups excluding tert-OH is 1. The third kappa shape index (κ3) is 3.67. The van der Waals surface area contributed by atoms with Gasteiger partial charge in [-0.05, 0) is 31.7 Å². The van der Waals surface area contributed by atoms with Crippen molar-refractivity contribution in [3.05, 3.63) is 18.0 Å². The lowest BCUT2D eigenvalue weighted by molar-refractivity contribution is 0.271. The zero-order valence-corrected chi connectivity index (χ0v) is 13.8. The highest BCUT2D eigenvalue weighted by Gasteiger charge is 2.26. The Balaban J connectivity index is 2.14. The van der Waals surface area contributed by atoms with E-state index in [0.717, 1.165) is 12.8 Å². The molecule has 0 aliphatic heterocycles. The molecule has 0 radical (unpaired) electrons. The van der Waals surface area contributed by atoms with Crippen LogP contribution in [0.5, 0.6) is 0 Å². The van der Waals surface area contributed by atoms with Gasteiger partial charge in [-0.15, -0.1) is 0 Å². The number of rotatable bonds is 6. The topological polar surface area (TPSA) is 62.5 Å². The molecule has 120 valence electrons. The molecule has 1 aromatic rings. The number of hydrogen-bond acceptors (Lipinski definition) is 3. The Bertz CT molecular complexity index is 538. The zero-order valence-electron chi connectivity index (χ0n) is 13.0. The van der Waals surface area contributed by atoms with E-state index in [1.807, 2.05) is 6.92 Å². The van der Waals surface area contributed by atoms with Gasteiger partial charge in [-0.2, -0.15) is 0 Å². The molecular formula is C15H26N2O3S. The maximum absolute atomic E-state index is 12.6. The third-order valence-electron chi connectivity index (χ3n) is 4.41. The molecule has 0 aromatic carbocycles. The van der Waals surface area contributed by atoms with Crippen molar-refractivity contribution in [2.75, 3.05) is 13.6 Å². The van der Waals surface area contributed by atoms with Crippen molar-refractivity contribution < 1.29 is 13.5 Å². The molecule has 1 aromatic heterocycles. The Morgan fingerprint density at radius 3 is 2.52 bits per heavy atom. The van der Waals surface area contributed by atoms with Crippen molar-refractivity contribution in [2.45, 2.75) is 57.1 Å². The molecule has 0 saturated heterocycles. The first kappa shape index (κ1) is 16.5. The van der Waals surface area contributed by atoms with Gasteiger partial charge in [0, 0.05) is 32.0 Å². The first-order chi connectivity index (χ1) is 9.98. The first-order valence-electron chi connectivity index (χ1n) is 7.75. The molecule has 1 heterocycles. The van der Waals surface area contributed by atoms with E-state index in [4.69, 9.17) is 0 Å². The van der Waals surface area contributed by atoms with Crippen LogP contribution in [0.15, 0.2) is 17.2 Å². The summed E-state index contributed by atoms with van der Waals surface area (Å²) < 4.78 is 28.5. The van der Waals surface area contributed by atoms with E-state index in [-0.39, 0.29) is 11.5 Å². The fourth-order valence-electron chi connectivity index (χ4n) is 3.10. The van der Waals surface area contributed by atoms with E-state index >= 15 is 0 Å². The number of aromatic nitrogens is 1. The number of aliphatic hydroxyl groups is 1. The molecule has 1 N–H and O–H groups in total. The summed E-state index contributed by atoms with van der Waals surface area (Å²) in [5.74, 6) is 0.476. The van der Waals surface area contributed by atoms with Crippen LogP contribution in [0, 0.1) is 5.92 Å². The van der Waals surface area contributed by atoms with E-state index in [9.17, 15) is 13.5 Å². The van der Waals surface area contributed by atoms with Crippen LogP contribution in [0.3, 0.4) is 0 Å². The number of hydrogen-bond donors (Lipinski definition) is 1. The van der Waals surface area contributed by atoms with Crippen molar-refractivity contribution >= 4 is 10.0 Å². The molecule has 1 aliphatic carbocycles. The smallest absolute Gasteiger partial charge is 0.244 e. The van der Waals surface area contributed by atoms with E-state index in [2.05, 4.69) is 0 Å². The molecule has 5 nitrogen and oxygen atoms in total. The van der Waals surface area contributed by atoms with Crippen LogP contribution >= 0.6 is 0 Å². The standard InChI is InChI=1S/C15H26N2O3S/c1-3-17-11-15(9-14(17)12-18)21(19,20)16(2)10-13-7-5-4-6-8-13/h9,11,13,18H,3-8,10,12H2,1-2H3. The molecule has 0 amide bonds. The van der Waals surface area contributed by atoms with Crippen molar-refractivity contribution in [3.63, 3.8) is 0 Å². The van der Waals surface area contributed by atoms with Gasteiger partial charge < -0.3 is 9.67 Å². The van der Waals surface area contributed by atoms with Gasteiger partial charge in [0.05, 0.1) is 6.61 Å². The van der Waals surface area contributed by atoms with Crippen LogP contribution in [0.25, 0.3) is 0 Å². The largest absolute Gasteiger partial charge is 0.390 e. The van der Waals surface area contributed by atoms with Gasteiger partial charge in [-0.1, -0.05) is 19.3 Å². The average Bonchev–Trinajstić information content (AvgIpc) is 2.92. The van der Waals surface area contributed by atoms with E-state index in [0.29, 0.717) is 24.7 Å². The van der Waals surface area contributed by atoms with Gasteiger partial charge in [0.25, 0.3) is 0 Å². The molecule has 6 heteroatoms. The van der Waals surface area contributed by atoms with Crippen molar-refractivity contribution in [2.24, 2.45) is 5.92 Å². The molecule has 0 unspecified atom stereocenters. The fourth-order valence-corrected chi connectivity index (χ4v) is 4.42. The molecule has 1 fully saturated rings. The van der Waals surface area contributed by atoms with Crippen LogP contribution in [0.1, 0.15) is 44.7 Å². The Morgan fingerprint density at radius 1 is 1.33 bits per heavy atom. The summed E-state index contributed by atoms with van der Waals surface area (Å²) in [7, 11) is -1.80. The molecular weight excluding hydrogens is 288 g/mol. The third-order valence-corrected chi connectivity index (χ3v) is 6.20. The second kappa shape index (κ2) is 6.94. The summed E-state index contributed by atoms with van der Waals surface area (Å²) in [6, 6.07) is 1.58. The maximum atomic E-state index is 12.6. The van der Waals surface area contributed by atoms with Crippen LogP contribution in [0.2, 0.25) is 0 Å². The summed E-state index contributed by atoms with van der Waals surface area (Å²) in [5, 5.41) is 9.30. The minimum Gasteiger partial charge on any atom is -0.390 e. The predicted molar refractivity (Wildman–Crippen MR) is 82.4 cm³/mol. The predicted octanol–water partition coefficient (Wildman–Crippen LogP) is 2.20. The van der Waals surface area contributed by atoms with Crippen LogP contribution < -0.4 is 0 Å². The highest BCUT2D eigenvalue weighted by Crippen LogP contribution is 2.26. The van der Waals surface area contributed by atoms with Crippen LogP contribution in [-0.4, -0.2) is 36.0 Å². The van der Waals surface area contributed by atoms with E-state index in [1.165, 1.54) is 23.6 Å². The molecule has 1 saturated carbocycles. The summed E-state index contributed by atoms with van der Waals surface area (Å²) in [4.78, 5) is 0.284. The van der Waals surface area contributed by atoms with Crippen molar-refractivity contribution in [1.82, 2.24) is 8.87 Å². The monoisotopic (exact) mass is 314 g/mol. The fraction of sp³-hybridized carbons (Fsp3) is 0.733. The minimum absolute atomic E-state index is 0.143. The summed E-state index contributed by atoms with van der Waals surface area (Å²) in [6.45, 7) is 3.03. The highest BCUT2D eigenvalue weighted by atomic mass is 32.2. The Hall–Kier alpha value is -0.850. The molecule has 0 spiro atoms. The van der Waals surface area contributed by atoms with E-state index < -0.39 is 10.0 Å². The normalized spacial score (nSPS) is 17.5. The number of aryl methyl sites for hydroxylation is 1. The molecule has 2 rings (SSSR count). The van der Waals surface area contributed by atoms with Crippen LogP contribution in [0.4, 0.5) is 0 Å². The summed E-state index contributed by atoms with van der Waals surface area (Å²) >= 11 is 0. The Morgan fingerprint density at radius 2 is 2.00 bits per heavy atom. The van der Waals surface area contributed by atoms with Gasteiger partial charge in [0.2, 0.25) is 10.0 Å². The summed E-state index contributed by atoms with van der Waals surface area (Å²) in [6.07, 6.45) is 7.55. The lowest BCUT2D eigenvalue weighted by Gasteiger charge is -2.26. The van der Waals surface area contributed by atoms with Gasteiger partial charge in [0.1, 0.15) is 4.90 Å².